The van der Waals surface area contributed by atoms with Crippen molar-refractivity contribution in [3.8, 4) is 0 Å². The monoisotopic (exact) mass is 374 g/mol. The molecule has 0 heterocycles. The lowest BCUT2D eigenvalue weighted by Gasteiger charge is -2.23. The molecular formula is C18H30O8. The molecule has 0 fully saturated rings. The summed E-state index contributed by atoms with van der Waals surface area (Å²) >= 11 is 0. The largest absolute Gasteiger partial charge is 0.466 e. The maximum absolute atomic E-state index is 12.0. The standard InChI is InChI=1S/C18H30O8/c1-4-6-8-10-24-15(20)12-18(23,17(22)26-14(3)19)13-16(21)25-11-9-7-5-2/h23H,4-13H2,1-3H3. The molecule has 0 saturated carbocycles. The Balaban J connectivity index is 4.79. The van der Waals surface area contributed by atoms with Gasteiger partial charge in [0, 0.05) is 6.92 Å². The highest BCUT2D eigenvalue weighted by atomic mass is 16.6. The molecular weight excluding hydrogens is 344 g/mol. The van der Waals surface area contributed by atoms with Crippen LogP contribution in [0, 0.1) is 0 Å². The van der Waals surface area contributed by atoms with Gasteiger partial charge in [-0.3, -0.25) is 14.4 Å². The molecule has 1 N–H and O–H groups in total. The van der Waals surface area contributed by atoms with Crippen molar-refractivity contribution in [2.24, 2.45) is 0 Å². The van der Waals surface area contributed by atoms with Crippen molar-refractivity contribution in [1.29, 1.82) is 0 Å². The summed E-state index contributed by atoms with van der Waals surface area (Å²) in [5, 5.41) is 10.4. The fourth-order valence-electron chi connectivity index (χ4n) is 2.09. The minimum Gasteiger partial charge on any atom is -0.466 e. The van der Waals surface area contributed by atoms with Gasteiger partial charge in [-0.1, -0.05) is 39.5 Å². The van der Waals surface area contributed by atoms with E-state index in [9.17, 15) is 24.3 Å². The number of hydrogen-bond donors (Lipinski definition) is 1. The first-order valence-electron chi connectivity index (χ1n) is 9.01. The lowest BCUT2D eigenvalue weighted by molar-refractivity contribution is -0.182. The molecule has 8 nitrogen and oxygen atoms in total. The van der Waals surface area contributed by atoms with Crippen LogP contribution in [0.25, 0.3) is 0 Å². The summed E-state index contributed by atoms with van der Waals surface area (Å²) in [6, 6.07) is 0. The van der Waals surface area contributed by atoms with E-state index >= 15 is 0 Å². The predicted octanol–water partition coefficient (Wildman–Crippen LogP) is 2.05. The first-order valence-corrected chi connectivity index (χ1v) is 9.01. The molecule has 0 atom stereocenters. The second kappa shape index (κ2) is 13.3. The van der Waals surface area contributed by atoms with Gasteiger partial charge in [0.2, 0.25) is 0 Å². The molecule has 150 valence electrons. The van der Waals surface area contributed by atoms with Crippen molar-refractivity contribution in [3.05, 3.63) is 0 Å². The number of carbonyl (C=O) groups is 4. The van der Waals surface area contributed by atoms with Crippen molar-refractivity contribution >= 4 is 23.9 Å². The molecule has 0 bridgehead atoms. The highest BCUT2D eigenvalue weighted by Crippen LogP contribution is 2.20. The Kier molecular flexibility index (Phi) is 12.3. The summed E-state index contributed by atoms with van der Waals surface area (Å²) in [6.45, 7) is 5.25. The van der Waals surface area contributed by atoms with Crippen molar-refractivity contribution in [1.82, 2.24) is 0 Å². The minimum absolute atomic E-state index is 0.145. The molecule has 0 spiro atoms. The van der Waals surface area contributed by atoms with Crippen molar-refractivity contribution in [2.75, 3.05) is 13.2 Å². The quantitative estimate of drug-likeness (QED) is 0.225. The molecule has 0 aliphatic heterocycles. The van der Waals surface area contributed by atoms with Crippen LogP contribution >= 0.6 is 0 Å². The number of esters is 4. The van der Waals surface area contributed by atoms with Gasteiger partial charge >= 0.3 is 23.9 Å². The summed E-state index contributed by atoms with van der Waals surface area (Å²) in [7, 11) is 0. The van der Waals surface area contributed by atoms with Gasteiger partial charge in [0.15, 0.2) is 5.60 Å². The zero-order chi connectivity index (χ0) is 20.0. The SMILES string of the molecule is CCCCCOC(=O)CC(O)(CC(=O)OCCCCC)C(=O)OC(C)=O. The molecule has 26 heavy (non-hydrogen) atoms. The predicted molar refractivity (Wildman–Crippen MR) is 91.9 cm³/mol. The first-order chi connectivity index (χ1) is 12.2. The molecule has 0 radical (unpaired) electrons. The highest BCUT2D eigenvalue weighted by Gasteiger charge is 2.44. The zero-order valence-electron chi connectivity index (χ0n) is 15.9. The van der Waals surface area contributed by atoms with Gasteiger partial charge in [0.05, 0.1) is 26.1 Å². The maximum Gasteiger partial charge on any atom is 0.346 e. The Morgan fingerprint density at radius 2 is 1.23 bits per heavy atom. The molecule has 0 aliphatic carbocycles. The Bertz CT molecular complexity index is 446. The number of aliphatic hydroxyl groups is 1. The molecule has 0 saturated heterocycles. The van der Waals surface area contributed by atoms with Gasteiger partial charge in [-0.05, 0) is 12.8 Å². The van der Waals surface area contributed by atoms with Crippen molar-refractivity contribution in [2.45, 2.75) is 77.7 Å². The number of unbranched alkanes of at least 4 members (excludes halogenated alkanes) is 4. The Morgan fingerprint density at radius 3 is 1.58 bits per heavy atom. The maximum atomic E-state index is 12.0. The van der Waals surface area contributed by atoms with Crippen LogP contribution in [0.5, 0.6) is 0 Å². The summed E-state index contributed by atoms with van der Waals surface area (Å²) in [5.41, 5.74) is -2.50. The molecule has 0 aliphatic rings. The van der Waals surface area contributed by atoms with Crippen LogP contribution in [0.15, 0.2) is 0 Å². The number of rotatable bonds is 13. The first kappa shape index (κ1) is 24.0. The van der Waals surface area contributed by atoms with Gasteiger partial charge < -0.3 is 19.3 Å². The van der Waals surface area contributed by atoms with Gasteiger partial charge in [0.1, 0.15) is 0 Å². The van der Waals surface area contributed by atoms with Crippen molar-refractivity contribution in [3.63, 3.8) is 0 Å². The van der Waals surface area contributed by atoms with Crippen LogP contribution < -0.4 is 0 Å². The Hall–Kier alpha value is -1.96. The second-order valence-corrected chi connectivity index (χ2v) is 6.12. The normalized spacial score (nSPS) is 10.9. The molecule has 0 amide bonds. The fourth-order valence-corrected chi connectivity index (χ4v) is 2.09. The third kappa shape index (κ3) is 10.8. The van der Waals surface area contributed by atoms with Gasteiger partial charge in [-0.2, -0.15) is 0 Å². The van der Waals surface area contributed by atoms with E-state index in [-0.39, 0.29) is 13.2 Å². The van der Waals surface area contributed by atoms with E-state index in [1.54, 1.807) is 0 Å². The van der Waals surface area contributed by atoms with E-state index in [0.717, 1.165) is 32.6 Å². The summed E-state index contributed by atoms with van der Waals surface area (Å²) < 4.78 is 14.3. The summed E-state index contributed by atoms with van der Waals surface area (Å²) in [4.78, 5) is 46.7. The Labute approximate surface area is 154 Å². The Morgan fingerprint density at radius 1 is 0.808 bits per heavy atom. The van der Waals surface area contributed by atoms with Crippen LogP contribution in [-0.2, 0) is 33.4 Å². The molecule has 8 heteroatoms. The summed E-state index contributed by atoms with van der Waals surface area (Å²) in [6.07, 6.45) is 3.33. The smallest absolute Gasteiger partial charge is 0.346 e. The van der Waals surface area contributed by atoms with Crippen molar-refractivity contribution < 1.29 is 38.5 Å². The van der Waals surface area contributed by atoms with Crippen LogP contribution in [0.2, 0.25) is 0 Å². The number of hydrogen-bond acceptors (Lipinski definition) is 8. The minimum atomic E-state index is -2.50. The van der Waals surface area contributed by atoms with Crippen LogP contribution in [-0.4, -0.2) is 47.8 Å². The van der Waals surface area contributed by atoms with E-state index in [1.165, 1.54) is 0 Å². The summed E-state index contributed by atoms with van der Waals surface area (Å²) in [5.74, 6) is -4.05. The number of carbonyl (C=O) groups excluding carboxylic acids is 4. The zero-order valence-corrected chi connectivity index (χ0v) is 15.9. The average Bonchev–Trinajstić information content (AvgIpc) is 2.55. The lowest BCUT2D eigenvalue weighted by atomic mass is 9.95. The topological polar surface area (TPSA) is 116 Å². The highest BCUT2D eigenvalue weighted by molar-refractivity contribution is 5.95. The third-order valence-corrected chi connectivity index (χ3v) is 3.51. The average molecular weight is 374 g/mol. The van der Waals surface area contributed by atoms with E-state index < -0.39 is 42.3 Å². The molecule has 0 aromatic rings. The van der Waals surface area contributed by atoms with E-state index in [0.29, 0.717) is 12.8 Å². The van der Waals surface area contributed by atoms with Gasteiger partial charge in [-0.25, -0.2) is 4.79 Å². The van der Waals surface area contributed by atoms with E-state index in [4.69, 9.17) is 9.47 Å². The lowest BCUT2D eigenvalue weighted by Crippen LogP contribution is -2.45. The molecule has 0 aromatic carbocycles. The number of ether oxygens (including phenoxy) is 3. The molecule has 0 unspecified atom stereocenters. The molecule has 0 rings (SSSR count). The van der Waals surface area contributed by atoms with Gasteiger partial charge in [-0.15, -0.1) is 0 Å². The van der Waals surface area contributed by atoms with Gasteiger partial charge in [0.25, 0.3) is 0 Å². The van der Waals surface area contributed by atoms with Crippen LogP contribution in [0.4, 0.5) is 0 Å². The fraction of sp³-hybridized carbons (Fsp3) is 0.778. The van der Waals surface area contributed by atoms with E-state index in [2.05, 4.69) is 4.74 Å². The van der Waals surface area contributed by atoms with Crippen LogP contribution in [0.1, 0.15) is 72.1 Å². The van der Waals surface area contributed by atoms with E-state index in [1.807, 2.05) is 13.8 Å². The molecule has 0 aromatic heterocycles. The van der Waals surface area contributed by atoms with Crippen LogP contribution in [0.3, 0.4) is 0 Å². The third-order valence-electron chi connectivity index (χ3n) is 3.51. The second-order valence-electron chi connectivity index (χ2n) is 6.12.